The van der Waals surface area contributed by atoms with Crippen molar-refractivity contribution in [3.05, 3.63) is 21.9 Å². The third kappa shape index (κ3) is 4.11. The van der Waals surface area contributed by atoms with Gasteiger partial charge in [0.1, 0.15) is 0 Å². The van der Waals surface area contributed by atoms with Crippen LogP contribution in [0.1, 0.15) is 55.2 Å². The van der Waals surface area contributed by atoms with Crippen LogP contribution in [0.5, 0.6) is 0 Å². The molecule has 0 aromatic carbocycles. The third-order valence-corrected chi connectivity index (χ3v) is 4.91. The molecule has 1 fully saturated rings. The molecule has 2 rings (SSSR count). The smallest absolute Gasteiger partial charge is 0.0302 e. The van der Waals surface area contributed by atoms with Gasteiger partial charge in [-0.05, 0) is 50.7 Å². The maximum absolute atomic E-state index is 3.72. The van der Waals surface area contributed by atoms with Crippen LogP contribution in [0.15, 0.2) is 12.1 Å². The molecule has 0 unspecified atom stereocenters. The molecule has 1 aromatic heterocycles. The summed E-state index contributed by atoms with van der Waals surface area (Å²) < 4.78 is 0. The molecular weight excluding hydrogens is 226 g/mol. The summed E-state index contributed by atoms with van der Waals surface area (Å²) in [7, 11) is 0. The van der Waals surface area contributed by atoms with Crippen molar-refractivity contribution in [2.45, 2.75) is 65.0 Å². The van der Waals surface area contributed by atoms with Crippen molar-refractivity contribution < 1.29 is 0 Å². The Morgan fingerprint density at radius 3 is 2.59 bits per heavy atom. The molecule has 0 bridgehead atoms. The molecule has 0 atom stereocenters. The van der Waals surface area contributed by atoms with Gasteiger partial charge in [-0.1, -0.05) is 19.8 Å². The molecule has 1 nitrogen and oxygen atoms in total. The monoisotopic (exact) mass is 251 g/mol. The van der Waals surface area contributed by atoms with E-state index in [-0.39, 0.29) is 0 Å². The molecule has 2 heteroatoms. The van der Waals surface area contributed by atoms with Crippen LogP contribution in [0.25, 0.3) is 0 Å². The Hall–Kier alpha value is -0.340. The van der Waals surface area contributed by atoms with Gasteiger partial charge in [-0.3, -0.25) is 0 Å². The lowest BCUT2D eigenvalue weighted by atomic mass is 9.83. The number of hydrogen-bond donors (Lipinski definition) is 1. The molecule has 1 aliphatic carbocycles. The molecule has 0 aliphatic heterocycles. The van der Waals surface area contributed by atoms with Crippen LogP contribution in [0.3, 0.4) is 0 Å². The summed E-state index contributed by atoms with van der Waals surface area (Å²) in [6.45, 7) is 5.56. The summed E-state index contributed by atoms with van der Waals surface area (Å²) in [6.07, 6.45) is 8.45. The second-order valence-electron chi connectivity index (χ2n) is 5.40. The lowest BCUT2D eigenvalue weighted by Crippen LogP contribution is -2.32. The number of rotatable bonds is 5. The van der Waals surface area contributed by atoms with E-state index in [1.807, 2.05) is 11.3 Å². The third-order valence-electron chi connectivity index (χ3n) is 3.90. The largest absolute Gasteiger partial charge is 0.309 e. The van der Waals surface area contributed by atoms with Crippen LogP contribution < -0.4 is 5.32 Å². The van der Waals surface area contributed by atoms with Crippen molar-refractivity contribution in [2.75, 3.05) is 0 Å². The fraction of sp³-hybridized carbons (Fsp3) is 0.733. The average Bonchev–Trinajstić information content (AvgIpc) is 2.75. The lowest BCUT2D eigenvalue weighted by molar-refractivity contribution is 0.278. The molecule has 0 spiro atoms. The van der Waals surface area contributed by atoms with Gasteiger partial charge in [0.25, 0.3) is 0 Å². The van der Waals surface area contributed by atoms with Gasteiger partial charge in [-0.2, -0.15) is 0 Å². The summed E-state index contributed by atoms with van der Waals surface area (Å²) in [5.41, 5.74) is 0. The van der Waals surface area contributed by atoms with Gasteiger partial charge in [-0.15, -0.1) is 11.3 Å². The van der Waals surface area contributed by atoms with Crippen LogP contribution in [-0.2, 0) is 6.54 Å². The minimum absolute atomic E-state index is 0.769. The summed E-state index contributed by atoms with van der Waals surface area (Å²) >= 11 is 1.92. The maximum atomic E-state index is 3.72. The van der Waals surface area contributed by atoms with E-state index in [1.165, 1.54) is 48.3 Å². The quantitative estimate of drug-likeness (QED) is 0.812. The number of aryl methyl sites for hydroxylation is 1. The minimum atomic E-state index is 0.769. The van der Waals surface area contributed by atoms with E-state index in [2.05, 4.69) is 31.3 Å². The standard InChI is InChI=1S/C15H25NS/c1-3-4-13-6-8-14(9-7-13)16-11-15-10-5-12(2)17-15/h5,10,13-14,16H,3-4,6-9,11H2,1-2H3. The topological polar surface area (TPSA) is 12.0 Å². The highest BCUT2D eigenvalue weighted by Crippen LogP contribution is 2.28. The first kappa shape index (κ1) is 13.1. The van der Waals surface area contributed by atoms with Crippen LogP contribution in [0, 0.1) is 12.8 Å². The van der Waals surface area contributed by atoms with E-state index in [9.17, 15) is 0 Å². The van der Waals surface area contributed by atoms with Gasteiger partial charge in [0.15, 0.2) is 0 Å². The Kier molecular flexibility index (Phi) is 5.05. The van der Waals surface area contributed by atoms with Gasteiger partial charge in [-0.25, -0.2) is 0 Å². The van der Waals surface area contributed by atoms with E-state index in [4.69, 9.17) is 0 Å². The first-order chi connectivity index (χ1) is 8.28. The van der Waals surface area contributed by atoms with Crippen LogP contribution in [0.4, 0.5) is 0 Å². The van der Waals surface area contributed by atoms with Crippen LogP contribution in [-0.4, -0.2) is 6.04 Å². The highest BCUT2D eigenvalue weighted by Gasteiger charge is 2.19. The molecule has 1 aliphatic rings. The Morgan fingerprint density at radius 1 is 1.24 bits per heavy atom. The molecule has 1 saturated carbocycles. The zero-order valence-corrected chi connectivity index (χ0v) is 12.0. The summed E-state index contributed by atoms with van der Waals surface area (Å²) in [5.74, 6) is 1.02. The van der Waals surface area contributed by atoms with E-state index < -0.39 is 0 Å². The second-order valence-corrected chi connectivity index (χ2v) is 6.77. The van der Waals surface area contributed by atoms with E-state index >= 15 is 0 Å². The SMILES string of the molecule is CCCC1CCC(NCc2ccc(C)s2)CC1. The molecule has 96 valence electrons. The zero-order valence-electron chi connectivity index (χ0n) is 11.2. The van der Waals surface area contributed by atoms with E-state index in [0.29, 0.717) is 0 Å². The fourth-order valence-electron chi connectivity index (χ4n) is 2.89. The fourth-order valence-corrected chi connectivity index (χ4v) is 3.73. The minimum Gasteiger partial charge on any atom is -0.309 e. The van der Waals surface area contributed by atoms with Crippen molar-refractivity contribution in [2.24, 2.45) is 5.92 Å². The van der Waals surface area contributed by atoms with Crippen molar-refractivity contribution >= 4 is 11.3 Å². The maximum Gasteiger partial charge on any atom is 0.0302 e. The average molecular weight is 251 g/mol. The van der Waals surface area contributed by atoms with Gasteiger partial charge in [0, 0.05) is 22.3 Å². The molecule has 0 saturated heterocycles. The van der Waals surface area contributed by atoms with Gasteiger partial charge in [0.2, 0.25) is 0 Å². The summed E-state index contributed by atoms with van der Waals surface area (Å²) in [5, 5.41) is 3.72. The predicted octanol–water partition coefficient (Wildman–Crippen LogP) is 4.51. The van der Waals surface area contributed by atoms with Crippen molar-refractivity contribution in [3.8, 4) is 0 Å². The van der Waals surface area contributed by atoms with Crippen LogP contribution >= 0.6 is 11.3 Å². The second kappa shape index (κ2) is 6.55. The van der Waals surface area contributed by atoms with Gasteiger partial charge >= 0.3 is 0 Å². The highest BCUT2D eigenvalue weighted by molar-refractivity contribution is 7.11. The highest BCUT2D eigenvalue weighted by atomic mass is 32.1. The molecule has 17 heavy (non-hydrogen) atoms. The number of hydrogen-bond acceptors (Lipinski definition) is 2. The van der Waals surface area contributed by atoms with Crippen LogP contribution in [0.2, 0.25) is 0 Å². The molecule has 1 heterocycles. The first-order valence-corrected chi connectivity index (χ1v) is 7.88. The van der Waals surface area contributed by atoms with Crippen molar-refractivity contribution in [1.29, 1.82) is 0 Å². The number of thiophene rings is 1. The molecule has 1 aromatic rings. The Balaban J connectivity index is 1.68. The van der Waals surface area contributed by atoms with E-state index in [1.54, 1.807) is 0 Å². The summed E-state index contributed by atoms with van der Waals surface area (Å²) in [6, 6.07) is 5.25. The Labute approximate surface area is 110 Å². The Morgan fingerprint density at radius 2 is 2.00 bits per heavy atom. The number of nitrogens with one attached hydrogen (secondary N) is 1. The normalized spacial score (nSPS) is 25.1. The Bertz CT molecular complexity index is 323. The lowest BCUT2D eigenvalue weighted by Gasteiger charge is -2.28. The van der Waals surface area contributed by atoms with Crippen molar-refractivity contribution in [1.82, 2.24) is 5.32 Å². The predicted molar refractivity (Wildman–Crippen MR) is 76.5 cm³/mol. The van der Waals surface area contributed by atoms with E-state index in [0.717, 1.165) is 18.5 Å². The molecule has 0 amide bonds. The van der Waals surface area contributed by atoms with Gasteiger partial charge < -0.3 is 5.32 Å². The molecule has 0 radical (unpaired) electrons. The molecule has 1 N–H and O–H groups in total. The van der Waals surface area contributed by atoms with Crippen molar-refractivity contribution in [3.63, 3.8) is 0 Å². The molecular formula is C15H25NS. The van der Waals surface area contributed by atoms with Gasteiger partial charge in [0.05, 0.1) is 0 Å². The first-order valence-electron chi connectivity index (χ1n) is 7.06. The summed E-state index contributed by atoms with van der Waals surface area (Å²) in [4.78, 5) is 2.91. The zero-order chi connectivity index (χ0) is 12.1.